The van der Waals surface area contributed by atoms with Crippen molar-refractivity contribution in [3.8, 4) is 6.07 Å². The van der Waals surface area contributed by atoms with Crippen LogP contribution in [0.2, 0.25) is 0 Å². The zero-order valence-electron chi connectivity index (χ0n) is 15.4. The van der Waals surface area contributed by atoms with Crippen LogP contribution in [0.5, 0.6) is 0 Å². The van der Waals surface area contributed by atoms with E-state index in [4.69, 9.17) is 5.26 Å². The van der Waals surface area contributed by atoms with Crippen LogP contribution in [0.15, 0.2) is 40.6 Å². The van der Waals surface area contributed by atoms with Crippen LogP contribution in [-0.4, -0.2) is 32.8 Å². The number of nitrogens with one attached hydrogen (secondary N) is 2. The molecule has 1 aliphatic rings. The number of allylic oxidation sites excluding steroid dienone is 1. The lowest BCUT2D eigenvalue weighted by Crippen LogP contribution is -2.50. The smallest absolute Gasteiger partial charge is 0.242 e. The zero-order valence-corrected chi connectivity index (χ0v) is 16.2. The monoisotopic (exact) mass is 389 g/mol. The second-order valence-corrected chi connectivity index (χ2v) is 8.77. The van der Waals surface area contributed by atoms with Gasteiger partial charge in [-0.15, -0.1) is 0 Å². The van der Waals surface area contributed by atoms with E-state index in [9.17, 15) is 18.0 Å². The molecule has 2 amide bonds. The Kier molecular flexibility index (Phi) is 6.39. The van der Waals surface area contributed by atoms with Crippen molar-refractivity contribution >= 4 is 21.7 Å². The van der Waals surface area contributed by atoms with Crippen LogP contribution in [0, 0.1) is 11.3 Å². The van der Waals surface area contributed by atoms with Crippen LogP contribution in [0.4, 0.5) is 0 Å². The van der Waals surface area contributed by atoms with E-state index in [1.807, 2.05) is 0 Å². The second kappa shape index (κ2) is 8.35. The van der Waals surface area contributed by atoms with E-state index in [0.29, 0.717) is 18.5 Å². The molecule has 7 nitrogen and oxygen atoms in total. The molecule has 0 aromatic heterocycles. The molecule has 144 valence electrons. The molecule has 2 rings (SSSR count). The van der Waals surface area contributed by atoms with E-state index in [0.717, 1.165) is 24.3 Å². The van der Waals surface area contributed by atoms with E-state index in [1.165, 1.54) is 12.1 Å². The lowest BCUT2D eigenvalue weighted by Gasteiger charge is -2.27. The van der Waals surface area contributed by atoms with Crippen LogP contribution in [-0.2, 0) is 24.8 Å². The lowest BCUT2D eigenvalue weighted by molar-refractivity contribution is -0.131. The number of benzene rings is 1. The van der Waals surface area contributed by atoms with Gasteiger partial charge in [0.05, 0.1) is 16.4 Å². The van der Waals surface area contributed by atoms with Gasteiger partial charge in [0, 0.05) is 18.0 Å². The molecule has 2 N–H and O–H groups in total. The Labute approximate surface area is 159 Å². The molecule has 1 aromatic carbocycles. The van der Waals surface area contributed by atoms with E-state index in [2.05, 4.69) is 10.6 Å². The Balaban J connectivity index is 2.18. The quantitative estimate of drug-likeness (QED) is 0.742. The highest BCUT2D eigenvalue weighted by Gasteiger charge is 2.33. The molecule has 0 aliphatic carbocycles. The van der Waals surface area contributed by atoms with Crippen LogP contribution in [0.1, 0.15) is 38.7 Å². The lowest BCUT2D eigenvalue weighted by atomic mass is 9.83. The molecule has 1 aromatic rings. The Morgan fingerprint density at radius 1 is 1.30 bits per heavy atom. The maximum atomic E-state index is 12.8. The second-order valence-electron chi connectivity index (χ2n) is 6.94. The number of carbonyl (C=O) groups excluding carboxylic acids is 2. The summed E-state index contributed by atoms with van der Waals surface area (Å²) in [5, 5.41) is 14.9. The highest BCUT2D eigenvalue weighted by molar-refractivity contribution is 7.94. The number of rotatable bonds is 5. The first-order chi connectivity index (χ1) is 12.7. The minimum absolute atomic E-state index is 0.0390. The number of hydrogen-bond acceptors (Lipinski definition) is 5. The molecule has 1 aliphatic heterocycles. The summed E-state index contributed by atoms with van der Waals surface area (Å²) < 4.78 is 24.1. The van der Waals surface area contributed by atoms with Gasteiger partial charge >= 0.3 is 0 Å². The largest absolute Gasteiger partial charge is 0.354 e. The third-order valence-electron chi connectivity index (χ3n) is 4.63. The van der Waals surface area contributed by atoms with Gasteiger partial charge in [-0.05, 0) is 50.8 Å². The summed E-state index contributed by atoms with van der Waals surface area (Å²) in [5.41, 5.74) is -0.325. The minimum atomic E-state index is -3.70. The molecule has 0 spiro atoms. The summed E-state index contributed by atoms with van der Waals surface area (Å²) in [6, 6.07) is 7.03. The first-order valence-corrected chi connectivity index (χ1v) is 10.2. The maximum Gasteiger partial charge on any atom is 0.242 e. The molecule has 0 unspecified atom stereocenters. The molecule has 1 saturated heterocycles. The molecule has 0 bridgehead atoms. The van der Waals surface area contributed by atoms with Crippen molar-refractivity contribution in [3.63, 3.8) is 0 Å². The van der Waals surface area contributed by atoms with Gasteiger partial charge in [-0.1, -0.05) is 12.1 Å². The van der Waals surface area contributed by atoms with E-state index < -0.39 is 21.3 Å². The Morgan fingerprint density at radius 2 is 1.96 bits per heavy atom. The van der Waals surface area contributed by atoms with E-state index in [-0.39, 0.29) is 16.7 Å². The van der Waals surface area contributed by atoms with Gasteiger partial charge in [0.1, 0.15) is 6.04 Å². The summed E-state index contributed by atoms with van der Waals surface area (Å²) in [7, 11) is -3.70. The number of sulfone groups is 1. The fourth-order valence-electron chi connectivity index (χ4n) is 2.81. The maximum absolute atomic E-state index is 12.8. The molecule has 27 heavy (non-hydrogen) atoms. The average molecular weight is 389 g/mol. The van der Waals surface area contributed by atoms with E-state index >= 15 is 0 Å². The highest BCUT2D eigenvalue weighted by atomic mass is 32.2. The fourth-order valence-corrected chi connectivity index (χ4v) is 3.72. The van der Waals surface area contributed by atoms with Crippen molar-refractivity contribution in [2.75, 3.05) is 6.54 Å². The minimum Gasteiger partial charge on any atom is -0.354 e. The van der Waals surface area contributed by atoms with Crippen LogP contribution in [0.25, 0.3) is 0 Å². The van der Waals surface area contributed by atoms with Gasteiger partial charge in [0.2, 0.25) is 21.7 Å². The first kappa shape index (κ1) is 20.6. The third-order valence-corrected chi connectivity index (χ3v) is 6.06. The van der Waals surface area contributed by atoms with Crippen LogP contribution < -0.4 is 10.6 Å². The molecular formula is C19H23N3O4S. The van der Waals surface area contributed by atoms with E-state index in [1.54, 1.807) is 32.0 Å². The highest BCUT2D eigenvalue weighted by Crippen LogP contribution is 2.26. The molecule has 1 fully saturated rings. The summed E-state index contributed by atoms with van der Waals surface area (Å²) in [5.74, 6) is -0.480. The van der Waals surface area contributed by atoms with Crippen LogP contribution in [0.3, 0.4) is 0 Å². The summed E-state index contributed by atoms with van der Waals surface area (Å²) >= 11 is 0. The molecule has 1 atom stereocenters. The first-order valence-electron chi connectivity index (χ1n) is 8.69. The van der Waals surface area contributed by atoms with Crippen molar-refractivity contribution in [2.24, 2.45) is 0 Å². The van der Waals surface area contributed by atoms with Gasteiger partial charge in [-0.2, -0.15) is 5.26 Å². The number of amides is 2. The Hall–Kier alpha value is -2.66. The molecule has 0 radical (unpaired) electrons. The molecule has 1 heterocycles. The predicted octanol–water partition coefficient (Wildman–Crippen LogP) is 1.56. The SMILES string of the molecule is CC(C)(C(=O)N[C@H]1CCCCNC1=O)c1ccc(S(=O)(=O)/C=C/C#N)cc1. The number of hydrogen-bond donors (Lipinski definition) is 2. The standard InChI is InChI=1S/C19H23N3O4S/c1-19(2,18(24)22-16-6-3-4-12-21-17(16)23)14-7-9-15(10-8-14)27(25,26)13-5-11-20/h5,7-10,13,16H,3-4,6,12H2,1-2H3,(H,21,23)(H,22,24)/b13-5+/t16-/m0/s1. The van der Waals surface area contributed by atoms with Crippen LogP contribution >= 0.6 is 0 Å². The van der Waals surface area contributed by atoms with Crippen molar-refractivity contribution in [1.82, 2.24) is 10.6 Å². The van der Waals surface area contributed by atoms with Crippen molar-refractivity contribution < 1.29 is 18.0 Å². The summed E-state index contributed by atoms with van der Waals surface area (Å²) in [4.78, 5) is 24.8. The molecular weight excluding hydrogens is 366 g/mol. The normalized spacial score (nSPS) is 18.4. The van der Waals surface area contributed by atoms with Gasteiger partial charge in [0.25, 0.3) is 0 Å². The van der Waals surface area contributed by atoms with Gasteiger partial charge in [0.15, 0.2) is 0 Å². The van der Waals surface area contributed by atoms with Gasteiger partial charge in [-0.25, -0.2) is 8.42 Å². The van der Waals surface area contributed by atoms with Crippen molar-refractivity contribution in [2.45, 2.75) is 49.5 Å². The molecule has 8 heteroatoms. The Bertz CT molecular complexity index is 881. The van der Waals surface area contributed by atoms with Crippen molar-refractivity contribution in [1.29, 1.82) is 5.26 Å². The topological polar surface area (TPSA) is 116 Å². The predicted molar refractivity (Wildman–Crippen MR) is 100 cm³/mol. The average Bonchev–Trinajstić information content (AvgIpc) is 2.84. The summed E-state index contributed by atoms with van der Waals surface area (Å²) in [6.45, 7) is 4.05. The fraction of sp³-hybridized carbons (Fsp3) is 0.421. The number of carbonyl (C=O) groups is 2. The zero-order chi connectivity index (χ0) is 20.1. The third kappa shape index (κ3) is 4.95. The summed E-state index contributed by atoms with van der Waals surface area (Å²) in [6.07, 6.45) is 3.24. The van der Waals surface area contributed by atoms with Gasteiger partial charge in [-0.3, -0.25) is 9.59 Å². The Morgan fingerprint density at radius 3 is 2.59 bits per heavy atom. The molecule has 0 saturated carbocycles. The van der Waals surface area contributed by atoms with Gasteiger partial charge < -0.3 is 10.6 Å². The van der Waals surface area contributed by atoms with Crippen molar-refractivity contribution in [3.05, 3.63) is 41.3 Å². The number of nitriles is 1. The number of nitrogens with zero attached hydrogens (tertiary/aromatic N) is 1.